The first-order valence-electron chi connectivity index (χ1n) is 10.1. The number of benzene rings is 2. The second kappa shape index (κ2) is 9.34. The van der Waals surface area contributed by atoms with Gasteiger partial charge in [-0.1, -0.05) is 12.1 Å². The number of nitrogens with zero attached hydrogens (tertiary/aromatic N) is 3. The lowest BCUT2D eigenvalue weighted by Gasteiger charge is -2.24. The van der Waals surface area contributed by atoms with Crippen molar-refractivity contribution in [1.29, 1.82) is 0 Å². The number of aromatic amines is 1. The van der Waals surface area contributed by atoms with Crippen LogP contribution >= 0.6 is 0 Å². The molecule has 1 aromatic heterocycles. The number of hydrazone groups is 1. The van der Waals surface area contributed by atoms with Crippen LogP contribution in [-0.2, 0) is 11.3 Å². The van der Waals surface area contributed by atoms with Gasteiger partial charge < -0.3 is 19.8 Å². The number of hydrogen-bond donors (Lipinski definition) is 2. The summed E-state index contributed by atoms with van der Waals surface area (Å²) in [7, 11) is 3.17. The maximum Gasteiger partial charge on any atom is 0.275 e. The van der Waals surface area contributed by atoms with Crippen LogP contribution in [0.15, 0.2) is 60.1 Å². The van der Waals surface area contributed by atoms with Crippen LogP contribution in [0.25, 0.3) is 0 Å². The number of hydrogen-bond acceptors (Lipinski definition) is 6. The molecule has 0 atom stereocenters. The molecule has 164 valence electrons. The van der Waals surface area contributed by atoms with Gasteiger partial charge in [0.1, 0.15) is 5.69 Å². The van der Waals surface area contributed by atoms with Crippen molar-refractivity contribution in [2.45, 2.75) is 19.4 Å². The highest BCUT2D eigenvalue weighted by molar-refractivity contribution is 6.04. The third-order valence-corrected chi connectivity index (χ3v) is 5.10. The van der Waals surface area contributed by atoms with E-state index in [0.717, 1.165) is 16.8 Å². The van der Waals surface area contributed by atoms with E-state index in [2.05, 4.69) is 20.4 Å². The quantitative estimate of drug-likeness (QED) is 0.595. The van der Waals surface area contributed by atoms with Crippen LogP contribution in [-0.4, -0.2) is 46.7 Å². The summed E-state index contributed by atoms with van der Waals surface area (Å²) >= 11 is 0. The molecule has 1 aliphatic rings. The maximum atomic E-state index is 12.5. The normalized spacial score (nSPS) is 13.5. The number of carbonyl (C=O) groups excluding carboxylic acids is 2. The van der Waals surface area contributed by atoms with Crippen LogP contribution in [0.1, 0.15) is 34.5 Å². The molecule has 0 aliphatic carbocycles. The lowest BCUT2D eigenvalue weighted by Crippen LogP contribution is -2.31. The summed E-state index contributed by atoms with van der Waals surface area (Å²) in [5.74, 6) is 0.920. The molecule has 0 saturated carbocycles. The first kappa shape index (κ1) is 21.1. The molecule has 2 N–H and O–H groups in total. The number of anilines is 1. The Labute approximate surface area is 185 Å². The summed E-state index contributed by atoms with van der Waals surface area (Å²) < 4.78 is 10.7. The third kappa shape index (κ3) is 4.61. The number of nitrogens with one attached hydrogen (secondary N) is 2. The SMILES string of the molecule is COc1ccc(C2=NN(Cc3ccc(NC(=O)c4c[nH]cn4)cc3)C(=O)CC2)cc1OC. The fraction of sp³-hybridized carbons (Fsp3) is 0.217. The zero-order valence-electron chi connectivity index (χ0n) is 17.8. The smallest absolute Gasteiger partial charge is 0.275 e. The van der Waals surface area contributed by atoms with E-state index in [-0.39, 0.29) is 11.8 Å². The van der Waals surface area contributed by atoms with Crippen molar-refractivity contribution >= 4 is 23.2 Å². The molecule has 0 bridgehead atoms. The summed E-state index contributed by atoms with van der Waals surface area (Å²) in [6, 6.07) is 12.9. The molecule has 4 rings (SSSR count). The van der Waals surface area contributed by atoms with Gasteiger partial charge in [-0.25, -0.2) is 9.99 Å². The molecule has 3 aromatic rings. The Morgan fingerprint density at radius 1 is 1.09 bits per heavy atom. The Hall–Kier alpha value is -4.14. The summed E-state index contributed by atoms with van der Waals surface area (Å²) in [5.41, 5.74) is 3.55. The molecule has 0 saturated heterocycles. The lowest BCUT2D eigenvalue weighted by atomic mass is 10.0. The third-order valence-electron chi connectivity index (χ3n) is 5.10. The molecular weight excluding hydrogens is 410 g/mol. The fourth-order valence-electron chi connectivity index (χ4n) is 3.39. The van der Waals surface area contributed by atoms with Gasteiger partial charge in [0.2, 0.25) is 5.91 Å². The number of H-pyrrole nitrogens is 1. The minimum Gasteiger partial charge on any atom is -0.493 e. The van der Waals surface area contributed by atoms with Crippen molar-refractivity contribution in [2.24, 2.45) is 5.10 Å². The first-order chi connectivity index (χ1) is 15.6. The van der Waals surface area contributed by atoms with Gasteiger partial charge >= 0.3 is 0 Å². The Bertz CT molecular complexity index is 1140. The van der Waals surface area contributed by atoms with E-state index < -0.39 is 0 Å². The highest BCUT2D eigenvalue weighted by atomic mass is 16.5. The number of aromatic nitrogens is 2. The zero-order valence-corrected chi connectivity index (χ0v) is 17.8. The average Bonchev–Trinajstić information content (AvgIpc) is 3.36. The van der Waals surface area contributed by atoms with E-state index in [1.54, 1.807) is 26.4 Å². The molecule has 2 amide bonds. The molecule has 9 nitrogen and oxygen atoms in total. The van der Waals surface area contributed by atoms with Gasteiger partial charge in [-0.15, -0.1) is 0 Å². The highest BCUT2D eigenvalue weighted by Crippen LogP contribution is 2.29. The maximum absolute atomic E-state index is 12.5. The van der Waals surface area contributed by atoms with E-state index in [1.165, 1.54) is 17.5 Å². The Morgan fingerprint density at radius 2 is 1.88 bits per heavy atom. The standard InChI is InChI=1S/C23H23N5O4/c1-31-20-9-5-16(11-21(20)32-2)18-8-10-22(29)28(27-18)13-15-3-6-17(7-4-15)26-23(30)19-12-24-14-25-19/h3-7,9,11-12,14H,8,10,13H2,1-2H3,(H,24,25)(H,26,30). The number of methoxy groups -OCH3 is 2. The van der Waals surface area contributed by atoms with Crippen LogP contribution in [0.3, 0.4) is 0 Å². The molecule has 0 fully saturated rings. The van der Waals surface area contributed by atoms with Crippen molar-refractivity contribution in [3.05, 3.63) is 71.8 Å². The van der Waals surface area contributed by atoms with Gasteiger partial charge in [0.05, 0.1) is 32.8 Å². The molecule has 0 unspecified atom stereocenters. The molecule has 1 aliphatic heterocycles. The minimum absolute atomic E-state index is 0.0369. The summed E-state index contributed by atoms with van der Waals surface area (Å²) in [5, 5.41) is 8.85. The van der Waals surface area contributed by atoms with Crippen LogP contribution in [0.2, 0.25) is 0 Å². The first-order valence-corrected chi connectivity index (χ1v) is 10.1. The minimum atomic E-state index is -0.297. The van der Waals surface area contributed by atoms with Gasteiger partial charge in [-0.3, -0.25) is 9.59 Å². The van der Waals surface area contributed by atoms with E-state index in [9.17, 15) is 9.59 Å². The molecule has 0 radical (unpaired) electrons. The molecular formula is C23H23N5O4. The summed E-state index contributed by atoms with van der Waals surface area (Å²) in [6.45, 7) is 0.337. The average molecular weight is 433 g/mol. The summed E-state index contributed by atoms with van der Waals surface area (Å²) in [6.07, 6.45) is 3.91. The van der Waals surface area contributed by atoms with Crippen LogP contribution < -0.4 is 14.8 Å². The Morgan fingerprint density at radius 3 is 2.56 bits per heavy atom. The van der Waals surface area contributed by atoms with Gasteiger partial charge in [0, 0.05) is 30.3 Å². The van der Waals surface area contributed by atoms with Gasteiger partial charge in [0.25, 0.3) is 5.91 Å². The van der Waals surface area contributed by atoms with E-state index in [1.807, 2.05) is 30.3 Å². The van der Waals surface area contributed by atoms with Gasteiger partial charge in [-0.05, 0) is 35.9 Å². The number of ether oxygens (including phenoxy) is 2. The Balaban J connectivity index is 1.47. The largest absolute Gasteiger partial charge is 0.493 e. The number of amides is 2. The summed E-state index contributed by atoms with van der Waals surface area (Å²) in [4.78, 5) is 31.2. The van der Waals surface area contributed by atoms with Crippen molar-refractivity contribution in [3.63, 3.8) is 0 Å². The molecule has 2 heterocycles. The second-order valence-electron chi connectivity index (χ2n) is 7.17. The molecule has 9 heteroatoms. The second-order valence-corrected chi connectivity index (χ2v) is 7.17. The number of rotatable bonds is 7. The molecule has 32 heavy (non-hydrogen) atoms. The number of imidazole rings is 1. The lowest BCUT2D eigenvalue weighted by molar-refractivity contribution is -0.132. The Kier molecular flexibility index (Phi) is 6.16. The molecule has 0 spiro atoms. The van der Waals surface area contributed by atoms with E-state index in [4.69, 9.17) is 9.47 Å². The van der Waals surface area contributed by atoms with Crippen molar-refractivity contribution in [1.82, 2.24) is 15.0 Å². The van der Waals surface area contributed by atoms with Crippen LogP contribution in [0.4, 0.5) is 5.69 Å². The van der Waals surface area contributed by atoms with Crippen molar-refractivity contribution in [3.8, 4) is 11.5 Å². The van der Waals surface area contributed by atoms with E-state index in [0.29, 0.717) is 42.3 Å². The topological polar surface area (TPSA) is 109 Å². The monoisotopic (exact) mass is 433 g/mol. The van der Waals surface area contributed by atoms with Gasteiger partial charge in [0.15, 0.2) is 11.5 Å². The van der Waals surface area contributed by atoms with Crippen LogP contribution in [0, 0.1) is 0 Å². The highest BCUT2D eigenvalue weighted by Gasteiger charge is 2.22. The number of carbonyl (C=O) groups is 2. The molecule has 2 aromatic carbocycles. The van der Waals surface area contributed by atoms with Crippen molar-refractivity contribution < 1.29 is 19.1 Å². The predicted molar refractivity (Wildman–Crippen MR) is 119 cm³/mol. The fourth-order valence-corrected chi connectivity index (χ4v) is 3.39. The zero-order chi connectivity index (χ0) is 22.5. The van der Waals surface area contributed by atoms with Crippen LogP contribution in [0.5, 0.6) is 11.5 Å². The van der Waals surface area contributed by atoms with Crippen molar-refractivity contribution in [2.75, 3.05) is 19.5 Å². The van der Waals surface area contributed by atoms with Gasteiger partial charge in [-0.2, -0.15) is 5.10 Å². The van der Waals surface area contributed by atoms with E-state index >= 15 is 0 Å². The predicted octanol–water partition coefficient (Wildman–Crippen LogP) is 3.21.